The van der Waals surface area contributed by atoms with Crippen LogP contribution in [0.5, 0.6) is 0 Å². The van der Waals surface area contributed by atoms with E-state index in [0.717, 1.165) is 0 Å². The van der Waals surface area contributed by atoms with Crippen LogP contribution in [0.2, 0.25) is 0 Å². The average Bonchev–Trinajstić information content (AvgIpc) is 2.60. The first-order chi connectivity index (χ1) is 12.1. The fourth-order valence-corrected chi connectivity index (χ4v) is 3.08. The van der Waals surface area contributed by atoms with Gasteiger partial charge in [0.2, 0.25) is 0 Å². The van der Waals surface area contributed by atoms with E-state index in [0.29, 0.717) is 11.3 Å². The van der Waals surface area contributed by atoms with E-state index < -0.39 is 21.0 Å². The van der Waals surface area contributed by atoms with Crippen LogP contribution in [-0.4, -0.2) is 34.7 Å². The van der Waals surface area contributed by atoms with Gasteiger partial charge in [-0.05, 0) is 38.2 Å². The van der Waals surface area contributed by atoms with E-state index >= 15 is 0 Å². The molecule has 0 saturated carbocycles. The highest BCUT2D eigenvalue weighted by atomic mass is 32.2. The van der Waals surface area contributed by atoms with Gasteiger partial charge in [-0.15, -0.1) is 0 Å². The van der Waals surface area contributed by atoms with Gasteiger partial charge in [-0.2, -0.15) is 0 Å². The molecule has 0 spiro atoms. The number of hydrogen-bond acceptors (Lipinski definition) is 7. The van der Waals surface area contributed by atoms with Gasteiger partial charge < -0.3 is 11.5 Å². The van der Waals surface area contributed by atoms with Crippen LogP contribution < -0.4 is 22.3 Å². The predicted molar refractivity (Wildman–Crippen MR) is 102 cm³/mol. The van der Waals surface area contributed by atoms with Crippen molar-refractivity contribution >= 4 is 38.9 Å². The summed E-state index contributed by atoms with van der Waals surface area (Å²) in [6.45, 7) is 3.22. The summed E-state index contributed by atoms with van der Waals surface area (Å²) in [6, 6.07) is 6.14. The van der Waals surface area contributed by atoms with Crippen molar-refractivity contribution < 1.29 is 13.2 Å². The van der Waals surface area contributed by atoms with Crippen molar-refractivity contribution in [1.82, 2.24) is 20.8 Å². The molecule has 2 aromatic rings. The summed E-state index contributed by atoms with van der Waals surface area (Å²) in [6.07, 6.45) is 1.39. The zero-order chi connectivity index (χ0) is 19.5. The van der Waals surface area contributed by atoms with Crippen molar-refractivity contribution in [3.05, 3.63) is 36.2 Å². The molecule has 0 aliphatic rings. The molecule has 1 amide bonds. The van der Waals surface area contributed by atoms with E-state index in [1.165, 1.54) is 18.3 Å². The first kappa shape index (κ1) is 19.5. The van der Waals surface area contributed by atoms with Crippen molar-refractivity contribution in [1.29, 1.82) is 0 Å². The standard InChI is InChI=1S/C15H18N6O3S2/c1-8(2)26(23,24)10-5-3-9(4-6-10)11-7-18-13(16)12(19-11)14(22)20-21-15(17)25/h3-8H,1-2H3,(H2,16,18)(H,20,22)(H3,17,21,25). The molecule has 26 heavy (non-hydrogen) atoms. The molecule has 9 nitrogen and oxygen atoms in total. The normalized spacial score (nSPS) is 11.2. The molecule has 0 radical (unpaired) electrons. The SMILES string of the molecule is CC(C)S(=O)(=O)c1ccc(-c2cnc(N)c(C(=O)NNC(N)=S)n2)cc1. The van der Waals surface area contributed by atoms with Crippen molar-refractivity contribution in [2.75, 3.05) is 5.73 Å². The minimum atomic E-state index is -3.37. The predicted octanol–water partition coefficient (Wildman–Crippen LogP) is 0.386. The third-order valence-corrected chi connectivity index (χ3v) is 5.69. The van der Waals surface area contributed by atoms with Gasteiger partial charge in [0, 0.05) is 5.56 Å². The number of sulfone groups is 1. The van der Waals surface area contributed by atoms with E-state index in [2.05, 4.69) is 33.0 Å². The lowest BCUT2D eigenvalue weighted by Gasteiger charge is -2.10. The van der Waals surface area contributed by atoms with Crippen LogP contribution in [0.3, 0.4) is 0 Å². The quantitative estimate of drug-likeness (QED) is 0.426. The van der Waals surface area contributed by atoms with Gasteiger partial charge >= 0.3 is 0 Å². The van der Waals surface area contributed by atoms with Gasteiger partial charge in [0.25, 0.3) is 5.91 Å². The minimum Gasteiger partial charge on any atom is -0.382 e. The maximum Gasteiger partial charge on any atom is 0.292 e. The second-order valence-corrected chi connectivity index (χ2v) is 8.49. The van der Waals surface area contributed by atoms with Crippen molar-refractivity contribution in [2.45, 2.75) is 24.0 Å². The molecule has 0 aliphatic heterocycles. The number of benzene rings is 1. The number of nitrogens with one attached hydrogen (secondary N) is 2. The lowest BCUT2D eigenvalue weighted by atomic mass is 10.1. The summed E-state index contributed by atoms with van der Waals surface area (Å²) in [7, 11) is -3.37. The van der Waals surface area contributed by atoms with Gasteiger partial charge in [-0.1, -0.05) is 12.1 Å². The third kappa shape index (κ3) is 4.24. The lowest BCUT2D eigenvalue weighted by Crippen LogP contribution is -2.44. The second kappa shape index (κ2) is 7.62. The van der Waals surface area contributed by atoms with Crippen LogP contribution in [0.1, 0.15) is 24.3 Å². The Balaban J connectivity index is 2.34. The number of anilines is 1. The van der Waals surface area contributed by atoms with Gasteiger partial charge in [-0.25, -0.2) is 18.4 Å². The topological polar surface area (TPSA) is 153 Å². The third-order valence-electron chi connectivity index (χ3n) is 3.41. The van der Waals surface area contributed by atoms with Gasteiger partial charge in [0.05, 0.1) is 22.0 Å². The summed E-state index contributed by atoms with van der Waals surface area (Å²) in [4.78, 5) is 20.4. The first-order valence-corrected chi connectivity index (χ1v) is 9.41. The van der Waals surface area contributed by atoms with Crippen molar-refractivity contribution in [2.24, 2.45) is 5.73 Å². The molecule has 6 N–H and O–H groups in total. The zero-order valence-corrected chi connectivity index (χ0v) is 15.7. The van der Waals surface area contributed by atoms with Crippen LogP contribution >= 0.6 is 12.2 Å². The lowest BCUT2D eigenvalue weighted by molar-refractivity contribution is 0.0939. The fraction of sp³-hybridized carbons (Fsp3) is 0.200. The Bertz CT molecular complexity index is 942. The Morgan fingerprint density at radius 1 is 1.19 bits per heavy atom. The number of rotatable bonds is 4. The van der Waals surface area contributed by atoms with E-state index in [9.17, 15) is 13.2 Å². The summed E-state index contributed by atoms with van der Waals surface area (Å²) in [5, 5.41) is -0.649. The smallest absolute Gasteiger partial charge is 0.292 e. The van der Waals surface area contributed by atoms with Crippen molar-refractivity contribution in [3.63, 3.8) is 0 Å². The molecule has 1 aromatic carbocycles. The van der Waals surface area contributed by atoms with Gasteiger partial charge in [0.1, 0.15) is 0 Å². The molecule has 1 aromatic heterocycles. The number of hydrogen-bond donors (Lipinski definition) is 4. The Morgan fingerprint density at radius 2 is 1.81 bits per heavy atom. The maximum absolute atomic E-state index is 12.2. The highest BCUT2D eigenvalue weighted by molar-refractivity contribution is 7.92. The van der Waals surface area contributed by atoms with Crippen LogP contribution in [0.25, 0.3) is 11.3 Å². The molecular formula is C15H18N6O3S2. The molecule has 0 bridgehead atoms. The van der Waals surface area contributed by atoms with Gasteiger partial charge in [-0.3, -0.25) is 15.6 Å². The average molecular weight is 394 g/mol. The Morgan fingerprint density at radius 3 is 2.35 bits per heavy atom. The molecule has 0 atom stereocenters. The molecule has 11 heteroatoms. The fourth-order valence-electron chi connectivity index (χ4n) is 1.97. The maximum atomic E-state index is 12.2. The van der Waals surface area contributed by atoms with Crippen molar-refractivity contribution in [3.8, 4) is 11.3 Å². The second-order valence-electron chi connectivity index (χ2n) is 5.55. The summed E-state index contributed by atoms with van der Waals surface area (Å²) in [5.74, 6) is -0.737. The molecular weight excluding hydrogens is 376 g/mol. The Hall–Kier alpha value is -2.79. The molecule has 2 rings (SSSR count). The van der Waals surface area contributed by atoms with Crippen LogP contribution in [-0.2, 0) is 9.84 Å². The number of amides is 1. The number of nitrogen functional groups attached to an aromatic ring is 1. The van der Waals surface area contributed by atoms with Gasteiger partial charge in [0.15, 0.2) is 26.5 Å². The van der Waals surface area contributed by atoms with E-state index in [1.54, 1.807) is 26.0 Å². The summed E-state index contributed by atoms with van der Waals surface area (Å²) < 4.78 is 24.3. The monoisotopic (exact) mass is 394 g/mol. The molecule has 0 aliphatic carbocycles. The number of hydrazine groups is 1. The first-order valence-electron chi connectivity index (χ1n) is 7.45. The number of carbonyl (C=O) groups excluding carboxylic acids is 1. The van der Waals surface area contributed by atoms with E-state index in [-0.39, 0.29) is 21.5 Å². The molecule has 0 unspecified atom stereocenters. The Kier molecular flexibility index (Phi) is 5.73. The van der Waals surface area contributed by atoms with Crippen LogP contribution in [0, 0.1) is 0 Å². The largest absolute Gasteiger partial charge is 0.382 e. The summed E-state index contributed by atoms with van der Waals surface area (Å²) in [5.41, 5.74) is 16.3. The number of nitrogens with two attached hydrogens (primary N) is 2. The highest BCUT2D eigenvalue weighted by Gasteiger charge is 2.19. The minimum absolute atomic E-state index is 0.0741. The number of thiocarbonyl (C=S) groups is 1. The van der Waals surface area contributed by atoms with E-state index in [1.807, 2.05) is 0 Å². The summed E-state index contributed by atoms with van der Waals surface area (Å²) >= 11 is 4.60. The molecule has 0 fully saturated rings. The van der Waals surface area contributed by atoms with Crippen LogP contribution in [0.15, 0.2) is 35.4 Å². The molecule has 1 heterocycles. The molecule has 138 valence electrons. The van der Waals surface area contributed by atoms with Crippen LogP contribution in [0.4, 0.5) is 5.82 Å². The molecule has 0 saturated heterocycles. The zero-order valence-electron chi connectivity index (χ0n) is 14.1. The Labute approximate surface area is 156 Å². The number of aromatic nitrogens is 2. The number of carbonyl (C=O) groups is 1. The number of nitrogens with zero attached hydrogens (tertiary/aromatic N) is 2. The highest BCUT2D eigenvalue weighted by Crippen LogP contribution is 2.22. The van der Waals surface area contributed by atoms with E-state index in [4.69, 9.17) is 11.5 Å².